The summed E-state index contributed by atoms with van der Waals surface area (Å²) in [6.45, 7) is 5.24. The second-order valence-corrected chi connectivity index (χ2v) is 7.41. The highest BCUT2D eigenvalue weighted by atomic mass is 35.5. The highest BCUT2D eigenvalue weighted by Gasteiger charge is 2.39. The Bertz CT molecular complexity index is 589. The number of benzene rings is 1. The molecule has 0 unspecified atom stereocenters. The lowest BCUT2D eigenvalue weighted by Gasteiger charge is -2.41. The van der Waals surface area contributed by atoms with Gasteiger partial charge in [-0.15, -0.1) is 0 Å². The van der Waals surface area contributed by atoms with Gasteiger partial charge in [0.2, 0.25) is 10.0 Å². The van der Waals surface area contributed by atoms with E-state index in [1.165, 1.54) is 10.4 Å². The van der Waals surface area contributed by atoms with Gasteiger partial charge in [0.25, 0.3) is 0 Å². The van der Waals surface area contributed by atoms with Gasteiger partial charge in [-0.1, -0.05) is 11.6 Å². The molecule has 1 heterocycles. The molecule has 0 radical (unpaired) electrons. The van der Waals surface area contributed by atoms with Crippen LogP contribution in [0, 0.1) is 5.82 Å². The van der Waals surface area contributed by atoms with Crippen LogP contribution in [0.4, 0.5) is 4.39 Å². The van der Waals surface area contributed by atoms with Crippen LogP contribution in [-0.4, -0.2) is 37.9 Å². The number of sulfonamides is 1. The molecule has 1 aromatic rings. The number of nitrogens with zero attached hydrogens (tertiary/aromatic N) is 1. The topological polar surface area (TPSA) is 49.4 Å². The molecule has 0 aliphatic carbocycles. The molecule has 0 spiro atoms. The fourth-order valence-electron chi connectivity index (χ4n) is 2.18. The molecule has 106 valence electrons. The number of piperazine rings is 1. The summed E-state index contributed by atoms with van der Waals surface area (Å²) >= 11 is 5.66. The summed E-state index contributed by atoms with van der Waals surface area (Å²) in [6.07, 6.45) is 0. The molecule has 1 aliphatic rings. The third-order valence-electron chi connectivity index (χ3n) is 3.20. The highest BCUT2D eigenvalue weighted by molar-refractivity contribution is 7.89. The quantitative estimate of drug-likeness (QED) is 0.907. The van der Waals surface area contributed by atoms with E-state index in [1.54, 1.807) is 0 Å². The zero-order valence-electron chi connectivity index (χ0n) is 10.8. The van der Waals surface area contributed by atoms with Crippen LogP contribution in [0.2, 0.25) is 5.02 Å². The monoisotopic (exact) mass is 306 g/mol. The number of rotatable bonds is 2. The predicted octanol–water partition coefficient (Wildman–Crippen LogP) is 1.85. The van der Waals surface area contributed by atoms with Gasteiger partial charge < -0.3 is 5.32 Å². The summed E-state index contributed by atoms with van der Waals surface area (Å²) in [4.78, 5) is 0.0221. The molecule has 7 heteroatoms. The van der Waals surface area contributed by atoms with Gasteiger partial charge in [-0.25, -0.2) is 12.8 Å². The molecule has 1 aromatic carbocycles. The van der Waals surface area contributed by atoms with E-state index in [0.29, 0.717) is 19.6 Å². The molecule has 0 bridgehead atoms. The number of hydrogen-bond acceptors (Lipinski definition) is 3. The second kappa shape index (κ2) is 5.01. The smallest absolute Gasteiger partial charge is 0.243 e. The van der Waals surface area contributed by atoms with Crippen LogP contribution < -0.4 is 5.32 Å². The summed E-state index contributed by atoms with van der Waals surface area (Å²) in [6, 6.07) is 3.48. The van der Waals surface area contributed by atoms with Crippen molar-refractivity contribution in [1.29, 1.82) is 0 Å². The number of nitrogens with one attached hydrogen (secondary N) is 1. The van der Waals surface area contributed by atoms with Gasteiger partial charge in [0, 0.05) is 25.2 Å². The van der Waals surface area contributed by atoms with Crippen molar-refractivity contribution in [3.05, 3.63) is 29.0 Å². The summed E-state index contributed by atoms with van der Waals surface area (Å²) in [5.41, 5.74) is -0.530. The Hall–Kier alpha value is -0.690. The maximum absolute atomic E-state index is 13.1. The van der Waals surface area contributed by atoms with E-state index >= 15 is 0 Å². The van der Waals surface area contributed by atoms with Crippen molar-refractivity contribution in [2.24, 2.45) is 0 Å². The van der Waals surface area contributed by atoms with E-state index in [2.05, 4.69) is 5.32 Å². The predicted molar refractivity (Wildman–Crippen MR) is 72.3 cm³/mol. The number of halogens is 2. The summed E-state index contributed by atoms with van der Waals surface area (Å²) in [5, 5.41) is 2.97. The molecule has 1 aliphatic heterocycles. The van der Waals surface area contributed by atoms with Gasteiger partial charge in [-0.3, -0.25) is 0 Å². The Kier molecular flexibility index (Phi) is 3.88. The van der Waals surface area contributed by atoms with Crippen LogP contribution in [0.5, 0.6) is 0 Å². The Labute approximate surface area is 117 Å². The Morgan fingerprint density at radius 1 is 1.42 bits per heavy atom. The van der Waals surface area contributed by atoms with E-state index in [-0.39, 0.29) is 9.92 Å². The lowest BCUT2D eigenvalue weighted by molar-refractivity contribution is 0.186. The molecule has 0 amide bonds. The van der Waals surface area contributed by atoms with Gasteiger partial charge in [-0.05, 0) is 32.0 Å². The minimum Gasteiger partial charge on any atom is -0.314 e. The van der Waals surface area contributed by atoms with Crippen molar-refractivity contribution in [1.82, 2.24) is 9.62 Å². The Balaban J connectivity index is 2.44. The zero-order chi connectivity index (χ0) is 14.3. The largest absolute Gasteiger partial charge is 0.314 e. The lowest BCUT2D eigenvalue weighted by atomic mass is 10.0. The Morgan fingerprint density at radius 2 is 2.11 bits per heavy atom. The number of hydrogen-bond donors (Lipinski definition) is 1. The van der Waals surface area contributed by atoms with Gasteiger partial charge >= 0.3 is 0 Å². The SMILES string of the molecule is CC1(C)CNCCN1S(=O)(=O)c1ccc(F)c(Cl)c1. The zero-order valence-corrected chi connectivity index (χ0v) is 12.4. The minimum atomic E-state index is -3.67. The average molecular weight is 307 g/mol. The normalized spacial score (nSPS) is 20.4. The fraction of sp³-hybridized carbons (Fsp3) is 0.500. The van der Waals surface area contributed by atoms with Crippen LogP contribution in [-0.2, 0) is 10.0 Å². The molecule has 0 aromatic heterocycles. The molecule has 0 saturated carbocycles. The average Bonchev–Trinajstić information content (AvgIpc) is 2.31. The van der Waals surface area contributed by atoms with Crippen LogP contribution in [0.15, 0.2) is 23.1 Å². The van der Waals surface area contributed by atoms with Gasteiger partial charge in [-0.2, -0.15) is 4.31 Å². The van der Waals surface area contributed by atoms with Crippen molar-refractivity contribution >= 4 is 21.6 Å². The maximum atomic E-state index is 13.1. The summed E-state index contributed by atoms with van der Waals surface area (Å²) < 4.78 is 39.7. The third-order valence-corrected chi connectivity index (χ3v) is 5.60. The maximum Gasteiger partial charge on any atom is 0.243 e. The van der Waals surface area contributed by atoms with Crippen LogP contribution in [0.1, 0.15) is 13.8 Å². The first-order valence-corrected chi connectivity index (χ1v) is 7.75. The second-order valence-electron chi connectivity index (χ2n) is 5.14. The molecule has 1 fully saturated rings. The van der Waals surface area contributed by atoms with Gasteiger partial charge in [0.1, 0.15) is 5.82 Å². The van der Waals surface area contributed by atoms with E-state index in [0.717, 1.165) is 12.1 Å². The molecule has 1 N–H and O–H groups in total. The first-order chi connectivity index (χ1) is 8.75. The minimum absolute atomic E-state index is 0.0221. The van der Waals surface area contributed by atoms with Crippen molar-refractivity contribution in [2.75, 3.05) is 19.6 Å². The van der Waals surface area contributed by atoms with Crippen LogP contribution in [0.3, 0.4) is 0 Å². The van der Waals surface area contributed by atoms with Crippen molar-refractivity contribution < 1.29 is 12.8 Å². The first-order valence-electron chi connectivity index (χ1n) is 5.94. The van der Waals surface area contributed by atoms with E-state index in [4.69, 9.17) is 11.6 Å². The molecule has 1 saturated heterocycles. The van der Waals surface area contributed by atoms with Crippen LogP contribution in [0.25, 0.3) is 0 Å². The van der Waals surface area contributed by atoms with E-state index in [9.17, 15) is 12.8 Å². The summed E-state index contributed by atoms with van der Waals surface area (Å²) in [7, 11) is -3.67. The van der Waals surface area contributed by atoms with Crippen molar-refractivity contribution in [3.8, 4) is 0 Å². The summed E-state index contributed by atoms with van der Waals surface area (Å²) in [5.74, 6) is -0.625. The molecule has 0 atom stereocenters. The first kappa shape index (κ1) is 14.7. The fourth-order valence-corrected chi connectivity index (χ4v) is 4.23. The highest BCUT2D eigenvalue weighted by Crippen LogP contribution is 2.28. The van der Waals surface area contributed by atoms with Gasteiger partial charge in [0.05, 0.1) is 9.92 Å². The molecular formula is C12H16ClFN2O2S. The standard InChI is InChI=1S/C12H16ClFN2O2S/c1-12(2)8-15-5-6-16(12)19(17,18)9-3-4-11(14)10(13)7-9/h3-4,7,15H,5-6,8H2,1-2H3. The van der Waals surface area contributed by atoms with Crippen molar-refractivity contribution in [3.63, 3.8) is 0 Å². The Morgan fingerprint density at radius 3 is 2.68 bits per heavy atom. The molecular weight excluding hydrogens is 291 g/mol. The molecule has 19 heavy (non-hydrogen) atoms. The molecule has 2 rings (SSSR count). The van der Waals surface area contributed by atoms with Crippen molar-refractivity contribution in [2.45, 2.75) is 24.3 Å². The van der Waals surface area contributed by atoms with E-state index in [1.807, 2.05) is 13.8 Å². The van der Waals surface area contributed by atoms with Gasteiger partial charge in [0.15, 0.2) is 0 Å². The van der Waals surface area contributed by atoms with E-state index < -0.39 is 21.4 Å². The lowest BCUT2D eigenvalue weighted by Crippen LogP contribution is -2.59. The molecule has 4 nitrogen and oxygen atoms in total. The van der Waals surface area contributed by atoms with Crippen LogP contribution >= 0.6 is 11.6 Å². The third kappa shape index (κ3) is 2.76.